The molecule has 6 heteroatoms. The minimum Gasteiger partial charge on any atom is -0.339 e. The molecule has 116 valence electrons. The number of nitrogens with one attached hydrogen (secondary N) is 2. The molecule has 0 amide bonds. The van der Waals surface area contributed by atoms with E-state index < -0.39 is 0 Å². The molecule has 1 heterocycles. The molecule has 0 aliphatic heterocycles. The monoisotopic (exact) mass is 325 g/mol. The van der Waals surface area contributed by atoms with E-state index in [1.807, 2.05) is 38.1 Å². The van der Waals surface area contributed by atoms with Gasteiger partial charge in [0.15, 0.2) is 5.82 Å². The van der Waals surface area contributed by atoms with Gasteiger partial charge < -0.3 is 10.6 Å². The van der Waals surface area contributed by atoms with Gasteiger partial charge in [-0.3, -0.25) is 0 Å². The number of benzene rings is 2. The Hall–Kier alpha value is -2.66. The summed E-state index contributed by atoms with van der Waals surface area (Å²) in [6.07, 6.45) is 1.57. The van der Waals surface area contributed by atoms with Gasteiger partial charge in [0.1, 0.15) is 0 Å². The number of aryl methyl sites for hydroxylation is 2. The van der Waals surface area contributed by atoms with E-state index in [1.165, 1.54) is 5.56 Å². The molecule has 0 unspecified atom stereocenters. The molecule has 23 heavy (non-hydrogen) atoms. The van der Waals surface area contributed by atoms with E-state index >= 15 is 0 Å². The first-order chi connectivity index (χ1) is 11.1. The van der Waals surface area contributed by atoms with E-state index in [-0.39, 0.29) is 0 Å². The van der Waals surface area contributed by atoms with Crippen molar-refractivity contribution in [2.24, 2.45) is 0 Å². The fourth-order valence-electron chi connectivity index (χ4n) is 2.09. The quantitative estimate of drug-likeness (QED) is 0.732. The average molecular weight is 326 g/mol. The molecular formula is C17H16ClN5. The largest absolute Gasteiger partial charge is 0.339 e. The van der Waals surface area contributed by atoms with Gasteiger partial charge in [-0.25, -0.2) is 0 Å². The van der Waals surface area contributed by atoms with Crippen LogP contribution >= 0.6 is 11.6 Å². The van der Waals surface area contributed by atoms with Gasteiger partial charge in [0.05, 0.1) is 6.20 Å². The maximum absolute atomic E-state index is 5.88. The lowest BCUT2D eigenvalue weighted by molar-refractivity contribution is 0.981. The summed E-state index contributed by atoms with van der Waals surface area (Å²) in [5, 5.41) is 15.1. The predicted molar refractivity (Wildman–Crippen MR) is 93.8 cm³/mol. The van der Waals surface area contributed by atoms with Gasteiger partial charge in [0, 0.05) is 16.4 Å². The molecule has 0 radical (unpaired) electrons. The lowest BCUT2D eigenvalue weighted by atomic mass is 10.1. The zero-order valence-corrected chi connectivity index (χ0v) is 13.6. The van der Waals surface area contributed by atoms with Crippen LogP contribution in [0.15, 0.2) is 48.7 Å². The molecule has 0 bridgehead atoms. The van der Waals surface area contributed by atoms with Gasteiger partial charge in [0.25, 0.3) is 0 Å². The second-order valence-electron chi connectivity index (χ2n) is 5.24. The number of anilines is 4. The van der Waals surface area contributed by atoms with Crippen LogP contribution in [-0.2, 0) is 0 Å². The summed E-state index contributed by atoms with van der Waals surface area (Å²) in [4.78, 5) is 4.43. The fourth-order valence-corrected chi connectivity index (χ4v) is 2.21. The van der Waals surface area contributed by atoms with Crippen LogP contribution in [-0.4, -0.2) is 15.2 Å². The van der Waals surface area contributed by atoms with Crippen molar-refractivity contribution in [2.75, 3.05) is 10.6 Å². The molecule has 2 aromatic carbocycles. The molecule has 0 aliphatic carbocycles. The van der Waals surface area contributed by atoms with Crippen molar-refractivity contribution in [1.29, 1.82) is 0 Å². The van der Waals surface area contributed by atoms with Crippen molar-refractivity contribution in [1.82, 2.24) is 15.2 Å². The average Bonchev–Trinajstić information content (AvgIpc) is 2.54. The molecule has 0 saturated carbocycles. The van der Waals surface area contributed by atoms with E-state index in [9.17, 15) is 0 Å². The van der Waals surface area contributed by atoms with Crippen LogP contribution < -0.4 is 10.6 Å². The first-order valence-electron chi connectivity index (χ1n) is 7.17. The van der Waals surface area contributed by atoms with Crippen molar-refractivity contribution < 1.29 is 0 Å². The number of aromatic nitrogens is 3. The molecule has 0 aliphatic rings. The fraction of sp³-hybridized carbons (Fsp3) is 0.118. The normalized spacial score (nSPS) is 10.4. The Morgan fingerprint density at radius 1 is 0.957 bits per heavy atom. The Labute approximate surface area is 139 Å². The summed E-state index contributed by atoms with van der Waals surface area (Å²) in [6.45, 7) is 4.08. The number of hydrogen-bond donors (Lipinski definition) is 2. The number of rotatable bonds is 4. The SMILES string of the molecule is Cc1ccc(C)c(Nc2nncc(Nc3ccc(Cl)cc3)n2)c1. The zero-order chi connectivity index (χ0) is 16.2. The Morgan fingerprint density at radius 3 is 2.52 bits per heavy atom. The summed E-state index contributed by atoms with van der Waals surface area (Å²) < 4.78 is 0. The van der Waals surface area contributed by atoms with E-state index in [0.717, 1.165) is 16.9 Å². The second kappa shape index (κ2) is 6.62. The highest BCUT2D eigenvalue weighted by Gasteiger charge is 2.04. The van der Waals surface area contributed by atoms with Crippen LogP contribution in [0.1, 0.15) is 11.1 Å². The maximum atomic E-state index is 5.88. The molecule has 1 aromatic heterocycles. The highest BCUT2D eigenvalue weighted by molar-refractivity contribution is 6.30. The van der Waals surface area contributed by atoms with E-state index in [2.05, 4.69) is 44.0 Å². The van der Waals surface area contributed by atoms with E-state index in [1.54, 1.807) is 6.20 Å². The first kappa shape index (κ1) is 15.2. The molecule has 3 rings (SSSR count). The van der Waals surface area contributed by atoms with Crippen molar-refractivity contribution in [3.05, 3.63) is 64.8 Å². The Kier molecular flexibility index (Phi) is 4.39. The topological polar surface area (TPSA) is 62.7 Å². The zero-order valence-electron chi connectivity index (χ0n) is 12.8. The number of halogens is 1. The van der Waals surface area contributed by atoms with Crippen LogP contribution in [0.2, 0.25) is 5.02 Å². The molecule has 0 atom stereocenters. The lowest BCUT2D eigenvalue weighted by Gasteiger charge is -2.10. The molecule has 3 aromatic rings. The highest BCUT2D eigenvalue weighted by Crippen LogP contribution is 2.21. The third-order valence-corrected chi connectivity index (χ3v) is 3.57. The van der Waals surface area contributed by atoms with Crippen molar-refractivity contribution >= 4 is 34.7 Å². The third kappa shape index (κ3) is 3.96. The van der Waals surface area contributed by atoms with Crippen molar-refractivity contribution in [2.45, 2.75) is 13.8 Å². The minimum absolute atomic E-state index is 0.442. The Balaban J connectivity index is 1.79. The van der Waals surface area contributed by atoms with Gasteiger partial charge in [-0.2, -0.15) is 10.1 Å². The van der Waals surface area contributed by atoms with Crippen LogP contribution in [0.4, 0.5) is 23.1 Å². The number of hydrogen-bond acceptors (Lipinski definition) is 5. The Morgan fingerprint density at radius 2 is 1.74 bits per heavy atom. The van der Waals surface area contributed by atoms with Crippen molar-refractivity contribution in [3.63, 3.8) is 0 Å². The Bertz CT molecular complexity index is 817. The first-order valence-corrected chi connectivity index (χ1v) is 7.54. The molecular weight excluding hydrogens is 310 g/mol. The van der Waals surface area contributed by atoms with Gasteiger partial charge in [-0.15, -0.1) is 5.10 Å². The summed E-state index contributed by atoms with van der Waals surface area (Å²) in [7, 11) is 0. The number of nitrogens with zero attached hydrogens (tertiary/aromatic N) is 3. The van der Waals surface area contributed by atoms with Crippen LogP contribution in [0, 0.1) is 13.8 Å². The molecule has 0 fully saturated rings. The molecule has 5 nitrogen and oxygen atoms in total. The van der Waals surface area contributed by atoms with Crippen LogP contribution in [0.5, 0.6) is 0 Å². The highest BCUT2D eigenvalue weighted by atomic mass is 35.5. The maximum Gasteiger partial charge on any atom is 0.249 e. The van der Waals surface area contributed by atoms with E-state index in [0.29, 0.717) is 16.8 Å². The van der Waals surface area contributed by atoms with Gasteiger partial charge in [-0.1, -0.05) is 23.7 Å². The molecule has 0 spiro atoms. The second-order valence-corrected chi connectivity index (χ2v) is 5.68. The van der Waals surface area contributed by atoms with Gasteiger partial charge in [0.2, 0.25) is 5.95 Å². The van der Waals surface area contributed by atoms with Gasteiger partial charge in [-0.05, 0) is 55.3 Å². The summed E-state index contributed by atoms with van der Waals surface area (Å²) >= 11 is 5.88. The third-order valence-electron chi connectivity index (χ3n) is 3.32. The van der Waals surface area contributed by atoms with E-state index in [4.69, 9.17) is 11.6 Å². The summed E-state index contributed by atoms with van der Waals surface area (Å²) in [5.74, 6) is 1.05. The minimum atomic E-state index is 0.442. The standard InChI is InChI=1S/C17H16ClN5/c1-11-3-4-12(2)15(9-11)21-17-22-16(10-19-23-17)20-14-7-5-13(18)6-8-14/h3-10H,1-2H3,(H2,20,21,22,23). The smallest absolute Gasteiger partial charge is 0.249 e. The van der Waals surface area contributed by atoms with Gasteiger partial charge >= 0.3 is 0 Å². The lowest BCUT2D eigenvalue weighted by Crippen LogP contribution is -2.03. The van der Waals surface area contributed by atoms with Crippen molar-refractivity contribution in [3.8, 4) is 0 Å². The van der Waals surface area contributed by atoms with Crippen LogP contribution in [0.25, 0.3) is 0 Å². The summed E-state index contributed by atoms with van der Waals surface area (Å²) in [5.41, 5.74) is 4.14. The molecule has 0 saturated heterocycles. The molecule has 2 N–H and O–H groups in total. The van der Waals surface area contributed by atoms with Crippen LogP contribution in [0.3, 0.4) is 0 Å². The predicted octanol–water partition coefficient (Wildman–Crippen LogP) is 4.63. The summed E-state index contributed by atoms with van der Waals surface area (Å²) in [6, 6.07) is 13.6.